The molecule has 0 saturated heterocycles. The van der Waals surface area contributed by atoms with Crippen LogP contribution in [0.15, 0.2) is 59.8 Å². The Morgan fingerprint density at radius 3 is 2.52 bits per heavy atom. The van der Waals surface area contributed by atoms with Crippen LogP contribution in [0, 0.1) is 0 Å². The summed E-state index contributed by atoms with van der Waals surface area (Å²) < 4.78 is 25.7. The van der Waals surface area contributed by atoms with Gasteiger partial charge in [-0.05, 0) is 29.1 Å². The first-order chi connectivity index (χ1) is 13.7. The van der Waals surface area contributed by atoms with Crippen molar-refractivity contribution in [1.29, 1.82) is 0 Å². The second kappa shape index (κ2) is 7.03. The third-order valence-corrected chi connectivity index (χ3v) is 5.82. The third-order valence-electron chi connectivity index (χ3n) is 4.82. The topological polar surface area (TPSA) is 111 Å². The molecule has 4 aromatic rings. The molecule has 8 nitrogen and oxygen atoms in total. The van der Waals surface area contributed by atoms with E-state index in [1.54, 1.807) is 35.3 Å². The smallest absolute Gasteiger partial charge is 0.276 e. The Balaban J connectivity index is 1.90. The van der Waals surface area contributed by atoms with E-state index in [1.165, 1.54) is 7.05 Å². The molecule has 0 unspecified atom stereocenters. The lowest BCUT2D eigenvalue weighted by Gasteiger charge is -2.13. The molecule has 4 rings (SSSR count). The van der Waals surface area contributed by atoms with Crippen LogP contribution in [0.25, 0.3) is 32.8 Å². The Labute approximate surface area is 167 Å². The van der Waals surface area contributed by atoms with E-state index in [4.69, 9.17) is 5.14 Å². The van der Waals surface area contributed by atoms with Gasteiger partial charge in [0.2, 0.25) is 0 Å². The van der Waals surface area contributed by atoms with Gasteiger partial charge in [0.1, 0.15) is 0 Å². The van der Waals surface area contributed by atoms with Crippen molar-refractivity contribution < 1.29 is 8.42 Å². The third kappa shape index (κ3) is 3.75. The van der Waals surface area contributed by atoms with E-state index in [9.17, 15) is 13.2 Å². The van der Waals surface area contributed by atoms with E-state index in [1.807, 2.05) is 31.4 Å². The zero-order chi connectivity index (χ0) is 20.8. The van der Waals surface area contributed by atoms with Gasteiger partial charge in [0.05, 0.1) is 11.7 Å². The van der Waals surface area contributed by atoms with Crippen LogP contribution in [0.3, 0.4) is 0 Å². The van der Waals surface area contributed by atoms with Crippen molar-refractivity contribution in [2.45, 2.75) is 6.54 Å². The molecule has 0 atom stereocenters. The molecule has 0 aliphatic carbocycles. The number of aromatic nitrogens is 3. The summed E-state index contributed by atoms with van der Waals surface area (Å²) in [6, 6.07) is 10.7. The second-order valence-corrected chi connectivity index (χ2v) is 8.60. The second-order valence-electron chi connectivity index (χ2n) is 6.94. The van der Waals surface area contributed by atoms with Gasteiger partial charge < -0.3 is 0 Å². The first-order valence-electron chi connectivity index (χ1n) is 8.81. The molecular formula is C20H19N5O3S. The summed E-state index contributed by atoms with van der Waals surface area (Å²) in [5.41, 5.74) is 2.75. The van der Waals surface area contributed by atoms with Crippen molar-refractivity contribution in [2.24, 2.45) is 12.2 Å². The highest BCUT2D eigenvalue weighted by atomic mass is 32.2. The fourth-order valence-electron chi connectivity index (χ4n) is 3.22. The highest BCUT2D eigenvalue weighted by Gasteiger charge is 2.13. The maximum absolute atomic E-state index is 13.3. The van der Waals surface area contributed by atoms with Crippen LogP contribution >= 0.6 is 0 Å². The molecule has 0 aliphatic rings. The van der Waals surface area contributed by atoms with Crippen LogP contribution in [0.5, 0.6) is 0 Å². The van der Waals surface area contributed by atoms with Gasteiger partial charge in [0.15, 0.2) is 5.43 Å². The number of nitrogens with zero attached hydrogens (tertiary/aromatic N) is 4. The first-order valence-corrected chi connectivity index (χ1v) is 10.3. The fourth-order valence-corrected chi connectivity index (χ4v) is 3.55. The van der Waals surface area contributed by atoms with Crippen LogP contribution in [0.4, 0.5) is 0 Å². The molecular weight excluding hydrogens is 390 g/mol. The number of nitrogens with two attached hydrogens (primary N) is 1. The Morgan fingerprint density at radius 1 is 1.07 bits per heavy atom. The molecule has 2 heterocycles. The van der Waals surface area contributed by atoms with Gasteiger partial charge in [-0.25, -0.2) is 5.14 Å². The van der Waals surface area contributed by atoms with Crippen LogP contribution < -0.4 is 10.6 Å². The minimum Gasteiger partial charge on any atom is -0.289 e. The molecule has 0 fully saturated rings. The van der Waals surface area contributed by atoms with E-state index in [-0.39, 0.29) is 12.0 Å². The van der Waals surface area contributed by atoms with E-state index in [2.05, 4.69) is 10.1 Å². The van der Waals surface area contributed by atoms with Gasteiger partial charge in [-0.1, -0.05) is 18.2 Å². The van der Waals surface area contributed by atoms with Crippen molar-refractivity contribution in [3.8, 4) is 11.1 Å². The largest absolute Gasteiger partial charge is 0.289 e. The lowest BCUT2D eigenvalue weighted by atomic mass is 10.1. The highest BCUT2D eigenvalue weighted by molar-refractivity contribution is 7.86. The fraction of sp³-hybridized carbons (Fsp3) is 0.150. The van der Waals surface area contributed by atoms with Gasteiger partial charge in [-0.15, -0.1) is 0 Å². The van der Waals surface area contributed by atoms with Gasteiger partial charge in [-0.3, -0.25) is 14.5 Å². The molecule has 29 heavy (non-hydrogen) atoms. The summed E-state index contributed by atoms with van der Waals surface area (Å²) in [6.07, 6.45) is 5.29. The number of aryl methyl sites for hydroxylation is 1. The number of hydrogen-bond donors (Lipinski definition) is 1. The van der Waals surface area contributed by atoms with Gasteiger partial charge >= 0.3 is 0 Å². The summed E-state index contributed by atoms with van der Waals surface area (Å²) >= 11 is 0. The average Bonchev–Trinajstić information content (AvgIpc) is 3.06. The maximum atomic E-state index is 13.3. The van der Waals surface area contributed by atoms with Crippen molar-refractivity contribution in [1.82, 2.24) is 19.1 Å². The number of rotatable bonds is 4. The number of pyridine rings is 1. The monoisotopic (exact) mass is 409 g/mol. The summed E-state index contributed by atoms with van der Waals surface area (Å²) in [5.74, 6) is 0. The first kappa shape index (κ1) is 19.2. The lowest BCUT2D eigenvalue weighted by Crippen LogP contribution is -2.32. The van der Waals surface area contributed by atoms with Crippen LogP contribution in [-0.4, -0.2) is 34.5 Å². The quantitative estimate of drug-likeness (QED) is 0.552. The number of fused-ring (bicyclic) bond motifs is 2. The minimum atomic E-state index is -3.81. The molecule has 2 aromatic heterocycles. The predicted molar refractivity (Wildman–Crippen MR) is 112 cm³/mol. The zero-order valence-electron chi connectivity index (χ0n) is 15.9. The van der Waals surface area contributed by atoms with E-state index in [0.29, 0.717) is 21.9 Å². The van der Waals surface area contributed by atoms with Crippen molar-refractivity contribution in [3.05, 3.63) is 70.8 Å². The van der Waals surface area contributed by atoms with Crippen LogP contribution in [0.2, 0.25) is 0 Å². The van der Waals surface area contributed by atoms with Gasteiger partial charge in [0.25, 0.3) is 10.2 Å². The Bertz CT molecular complexity index is 1410. The number of hydrogen-bond acceptors (Lipinski definition) is 5. The highest BCUT2D eigenvalue weighted by Crippen LogP contribution is 2.22. The van der Waals surface area contributed by atoms with Crippen molar-refractivity contribution in [3.63, 3.8) is 0 Å². The van der Waals surface area contributed by atoms with E-state index < -0.39 is 10.2 Å². The average molecular weight is 409 g/mol. The SMILES string of the molecule is CN(Cc1ccc2ccc3ncc(-c4cnn(C)c4)cc3c(=O)c2c1)S(N)(=O)=O. The Hall–Kier alpha value is -3.14. The molecule has 0 radical (unpaired) electrons. The number of benzene rings is 1. The van der Waals surface area contributed by atoms with E-state index in [0.717, 1.165) is 20.8 Å². The molecule has 9 heteroatoms. The summed E-state index contributed by atoms with van der Waals surface area (Å²) in [6.45, 7) is 0.0734. The Morgan fingerprint density at radius 2 is 1.83 bits per heavy atom. The maximum Gasteiger partial charge on any atom is 0.276 e. The van der Waals surface area contributed by atoms with Crippen LogP contribution in [-0.2, 0) is 23.8 Å². The normalized spacial score (nSPS) is 12.1. The van der Waals surface area contributed by atoms with Gasteiger partial charge in [0, 0.05) is 54.9 Å². The summed E-state index contributed by atoms with van der Waals surface area (Å²) in [7, 11) is -0.594. The zero-order valence-corrected chi connectivity index (χ0v) is 16.7. The standard InChI is InChI=1S/C20H19N5O3S/c1-24-12-16(10-23-24)15-8-18-19(22-9-15)6-5-14-4-3-13(7-17(14)20(18)26)11-25(2)29(21,27)28/h3-10,12H,11H2,1-2H3,(H2,21,27,28). The predicted octanol–water partition coefficient (Wildman–Crippen LogP) is 1.78. The lowest BCUT2D eigenvalue weighted by molar-refractivity contribution is 0.468. The summed E-state index contributed by atoms with van der Waals surface area (Å²) in [5, 5.41) is 11.0. The van der Waals surface area contributed by atoms with E-state index >= 15 is 0 Å². The van der Waals surface area contributed by atoms with Crippen molar-refractivity contribution >= 4 is 31.9 Å². The van der Waals surface area contributed by atoms with Crippen molar-refractivity contribution in [2.75, 3.05) is 7.05 Å². The molecule has 2 aromatic carbocycles. The molecule has 0 saturated carbocycles. The molecule has 2 N–H and O–H groups in total. The molecule has 0 amide bonds. The molecule has 148 valence electrons. The summed E-state index contributed by atoms with van der Waals surface area (Å²) in [4.78, 5) is 17.7. The molecule has 0 spiro atoms. The Kier molecular flexibility index (Phi) is 4.65. The van der Waals surface area contributed by atoms with Gasteiger partial charge in [-0.2, -0.15) is 17.8 Å². The minimum absolute atomic E-state index is 0.0734. The molecule has 0 bridgehead atoms. The van der Waals surface area contributed by atoms with Crippen LogP contribution in [0.1, 0.15) is 5.56 Å². The molecule has 0 aliphatic heterocycles.